The van der Waals surface area contributed by atoms with Crippen LogP contribution >= 0.6 is 11.3 Å². The fourth-order valence-corrected chi connectivity index (χ4v) is 1.97. The van der Waals surface area contributed by atoms with Crippen LogP contribution in [0.2, 0.25) is 0 Å². The van der Waals surface area contributed by atoms with Gasteiger partial charge in [-0.25, -0.2) is 4.98 Å². The maximum Gasteiger partial charge on any atom is 0.279 e. The van der Waals surface area contributed by atoms with Crippen LogP contribution in [0.15, 0.2) is 18.2 Å². The van der Waals surface area contributed by atoms with Gasteiger partial charge in [-0.2, -0.15) is 0 Å². The van der Waals surface area contributed by atoms with Gasteiger partial charge in [-0.05, 0) is 26.0 Å². The van der Waals surface area contributed by atoms with E-state index in [1.807, 2.05) is 13.8 Å². The average Bonchev–Trinajstić information content (AvgIpc) is 2.54. The molecular formula is C11H12N2O2S. The van der Waals surface area contributed by atoms with Gasteiger partial charge in [-0.1, -0.05) is 17.4 Å². The van der Waals surface area contributed by atoms with Crippen LogP contribution in [0.3, 0.4) is 0 Å². The van der Waals surface area contributed by atoms with Crippen LogP contribution in [0.4, 0.5) is 5.69 Å². The predicted molar refractivity (Wildman–Crippen MR) is 64.2 cm³/mol. The Morgan fingerprint density at radius 3 is 2.75 bits per heavy atom. The number of aromatic nitrogens is 1. The Labute approximate surface area is 97.3 Å². The van der Waals surface area contributed by atoms with Gasteiger partial charge in [-0.3, -0.25) is 0 Å². The highest BCUT2D eigenvalue weighted by Gasteiger charge is 2.09. The number of hydrogen-bond donors (Lipinski definition) is 2. The first-order valence-corrected chi connectivity index (χ1v) is 5.59. The molecule has 1 aromatic carbocycles. The summed E-state index contributed by atoms with van der Waals surface area (Å²) < 4.78 is 5.51. The molecule has 0 saturated carbocycles. The normalized spacial score (nSPS) is 10.4. The summed E-state index contributed by atoms with van der Waals surface area (Å²) in [7, 11) is 0. The van der Waals surface area contributed by atoms with Gasteiger partial charge in [0.05, 0.1) is 5.69 Å². The van der Waals surface area contributed by atoms with Crippen molar-refractivity contribution in [2.45, 2.75) is 13.8 Å². The maximum atomic E-state index is 9.42. The minimum atomic E-state index is 0.0162. The standard InChI is InChI=1S/C11H12N2O2S/c1-6-7(2)16-11(13-6)15-9-5-3-4-8(14)10(9)12/h3-5,14H,12H2,1-2H3. The van der Waals surface area contributed by atoms with E-state index in [1.165, 1.54) is 17.4 Å². The Morgan fingerprint density at radius 1 is 1.38 bits per heavy atom. The zero-order chi connectivity index (χ0) is 11.7. The number of phenolic OH excluding ortho intramolecular Hbond substituents is 1. The summed E-state index contributed by atoms with van der Waals surface area (Å²) in [5.41, 5.74) is 6.85. The number of nitrogens with zero attached hydrogens (tertiary/aromatic N) is 1. The molecule has 84 valence electrons. The third kappa shape index (κ3) is 1.94. The van der Waals surface area contributed by atoms with Crippen LogP contribution in [0.1, 0.15) is 10.6 Å². The highest BCUT2D eigenvalue weighted by Crippen LogP contribution is 2.35. The monoisotopic (exact) mass is 236 g/mol. The van der Waals surface area contributed by atoms with E-state index in [0.29, 0.717) is 10.9 Å². The number of aryl methyl sites for hydroxylation is 2. The molecule has 4 nitrogen and oxygen atoms in total. The molecule has 0 saturated heterocycles. The number of nitrogen functional groups attached to an aromatic ring is 1. The van der Waals surface area contributed by atoms with Crippen molar-refractivity contribution in [1.82, 2.24) is 4.98 Å². The minimum absolute atomic E-state index is 0.0162. The number of rotatable bonds is 2. The van der Waals surface area contributed by atoms with Gasteiger partial charge >= 0.3 is 0 Å². The van der Waals surface area contributed by atoms with Crippen molar-refractivity contribution in [3.8, 4) is 16.7 Å². The second kappa shape index (κ2) is 4.02. The van der Waals surface area contributed by atoms with Crippen LogP contribution < -0.4 is 10.5 Å². The van der Waals surface area contributed by atoms with Crippen molar-refractivity contribution in [2.75, 3.05) is 5.73 Å². The summed E-state index contributed by atoms with van der Waals surface area (Å²) in [6.45, 7) is 3.90. The molecule has 0 spiro atoms. The number of ether oxygens (including phenoxy) is 1. The molecule has 3 N–H and O–H groups in total. The first-order valence-electron chi connectivity index (χ1n) is 4.77. The molecule has 0 aliphatic carbocycles. The van der Waals surface area contributed by atoms with Crippen LogP contribution in [-0.2, 0) is 0 Å². The van der Waals surface area contributed by atoms with Gasteiger partial charge in [0.15, 0.2) is 5.75 Å². The Balaban J connectivity index is 2.30. The number of para-hydroxylation sites is 1. The van der Waals surface area contributed by atoms with Gasteiger partial charge in [0.25, 0.3) is 5.19 Å². The molecular weight excluding hydrogens is 224 g/mol. The Morgan fingerprint density at radius 2 is 2.12 bits per heavy atom. The fraction of sp³-hybridized carbons (Fsp3) is 0.182. The summed E-state index contributed by atoms with van der Waals surface area (Å²) in [5, 5.41) is 9.95. The van der Waals surface area contributed by atoms with E-state index in [1.54, 1.807) is 12.1 Å². The number of phenols is 1. The lowest BCUT2D eigenvalue weighted by Crippen LogP contribution is -1.91. The third-order valence-corrected chi connectivity index (χ3v) is 3.20. The van der Waals surface area contributed by atoms with E-state index in [0.717, 1.165) is 10.6 Å². The summed E-state index contributed by atoms with van der Waals surface area (Å²) in [6.07, 6.45) is 0. The Bertz CT molecular complexity index is 503. The van der Waals surface area contributed by atoms with Crippen molar-refractivity contribution >= 4 is 17.0 Å². The highest BCUT2D eigenvalue weighted by atomic mass is 32.1. The second-order valence-corrected chi connectivity index (χ2v) is 4.58. The van der Waals surface area contributed by atoms with Crippen LogP contribution in [-0.4, -0.2) is 10.1 Å². The Kier molecular flexibility index (Phi) is 2.70. The molecule has 1 aromatic heterocycles. The molecule has 0 bridgehead atoms. The van der Waals surface area contributed by atoms with Gasteiger partial charge in [0.1, 0.15) is 11.4 Å². The number of hydrogen-bond acceptors (Lipinski definition) is 5. The lowest BCUT2D eigenvalue weighted by atomic mass is 10.3. The molecule has 0 aliphatic rings. The lowest BCUT2D eigenvalue weighted by molar-refractivity contribution is 0.458. The molecule has 0 radical (unpaired) electrons. The quantitative estimate of drug-likeness (QED) is 0.621. The molecule has 1 heterocycles. The molecule has 0 amide bonds. The Hall–Kier alpha value is -1.75. The smallest absolute Gasteiger partial charge is 0.279 e. The first kappa shape index (κ1) is 10.8. The zero-order valence-corrected chi connectivity index (χ0v) is 9.84. The van der Waals surface area contributed by atoms with E-state index < -0.39 is 0 Å². The number of nitrogens with two attached hydrogens (primary N) is 1. The molecule has 2 rings (SSSR count). The molecule has 0 atom stereocenters. The van der Waals surface area contributed by atoms with E-state index in [-0.39, 0.29) is 11.4 Å². The summed E-state index contributed by atoms with van der Waals surface area (Å²) in [6, 6.07) is 4.88. The number of aromatic hydroxyl groups is 1. The molecule has 16 heavy (non-hydrogen) atoms. The van der Waals surface area contributed by atoms with E-state index in [9.17, 15) is 5.11 Å². The second-order valence-electron chi connectivity index (χ2n) is 3.41. The van der Waals surface area contributed by atoms with E-state index >= 15 is 0 Å². The topological polar surface area (TPSA) is 68.4 Å². The van der Waals surface area contributed by atoms with Crippen LogP contribution in [0, 0.1) is 13.8 Å². The zero-order valence-electron chi connectivity index (χ0n) is 9.02. The predicted octanol–water partition coefficient (Wildman–Crippen LogP) is 2.84. The average molecular weight is 236 g/mol. The van der Waals surface area contributed by atoms with Crippen molar-refractivity contribution in [2.24, 2.45) is 0 Å². The minimum Gasteiger partial charge on any atom is -0.506 e. The van der Waals surface area contributed by atoms with Crippen LogP contribution in [0.25, 0.3) is 0 Å². The highest BCUT2D eigenvalue weighted by molar-refractivity contribution is 7.13. The molecule has 0 unspecified atom stereocenters. The first-order chi connectivity index (χ1) is 7.58. The number of benzene rings is 1. The van der Waals surface area contributed by atoms with Crippen molar-refractivity contribution in [3.05, 3.63) is 28.8 Å². The van der Waals surface area contributed by atoms with E-state index in [4.69, 9.17) is 10.5 Å². The molecule has 0 aliphatic heterocycles. The third-order valence-electron chi connectivity index (χ3n) is 2.25. The van der Waals surface area contributed by atoms with Gasteiger partial charge in [0.2, 0.25) is 0 Å². The van der Waals surface area contributed by atoms with Gasteiger partial charge in [-0.15, -0.1) is 0 Å². The number of thiazole rings is 1. The van der Waals surface area contributed by atoms with Crippen molar-refractivity contribution < 1.29 is 9.84 Å². The lowest BCUT2D eigenvalue weighted by Gasteiger charge is -2.05. The van der Waals surface area contributed by atoms with E-state index in [2.05, 4.69) is 4.98 Å². The van der Waals surface area contributed by atoms with Crippen molar-refractivity contribution in [1.29, 1.82) is 0 Å². The summed E-state index contributed by atoms with van der Waals surface area (Å²) >= 11 is 1.45. The van der Waals surface area contributed by atoms with Gasteiger partial charge in [0, 0.05) is 4.88 Å². The van der Waals surface area contributed by atoms with Crippen molar-refractivity contribution in [3.63, 3.8) is 0 Å². The maximum absolute atomic E-state index is 9.42. The SMILES string of the molecule is Cc1nc(Oc2cccc(O)c2N)sc1C. The number of anilines is 1. The molecule has 0 fully saturated rings. The largest absolute Gasteiger partial charge is 0.506 e. The fourth-order valence-electron chi connectivity index (χ4n) is 1.20. The summed E-state index contributed by atoms with van der Waals surface area (Å²) in [5.74, 6) is 0.441. The van der Waals surface area contributed by atoms with Gasteiger partial charge < -0.3 is 15.6 Å². The summed E-state index contributed by atoms with van der Waals surface area (Å²) in [4.78, 5) is 5.34. The molecule has 5 heteroatoms. The molecule has 2 aromatic rings. The van der Waals surface area contributed by atoms with Crippen LogP contribution in [0.5, 0.6) is 16.7 Å².